The second-order valence-electron chi connectivity index (χ2n) is 7.87. The summed E-state index contributed by atoms with van der Waals surface area (Å²) in [6.07, 6.45) is 1.05. The first-order chi connectivity index (χ1) is 13.0. The number of ether oxygens (including phenoxy) is 2. The first-order valence-corrected chi connectivity index (χ1v) is 9.45. The Morgan fingerprint density at radius 2 is 2.19 bits per heavy atom. The molecule has 1 saturated carbocycles. The highest BCUT2D eigenvalue weighted by molar-refractivity contribution is 6.13. The van der Waals surface area contributed by atoms with E-state index in [1.54, 1.807) is 0 Å². The zero-order valence-electron chi connectivity index (χ0n) is 15.2. The summed E-state index contributed by atoms with van der Waals surface area (Å²) >= 11 is 0. The molecule has 5 rings (SSSR count). The number of carbonyl (C=O) groups excluding carboxylic acids is 1. The minimum Gasteiger partial charge on any atom is -0.491 e. The van der Waals surface area contributed by atoms with Crippen molar-refractivity contribution in [2.45, 2.75) is 31.3 Å². The molecule has 0 aromatic heterocycles. The standard InChI is InChI=1S/C22H22O5/c1-22-6-5-17(24)15-11-27-21(19(15)22)20(25)14-10-13-12(9-16(14)22)3-2-4-18(13)26-8-7-23/h2-4,9-10,15,17,23-24H,5-8,11H2,1H3. The molecule has 1 aliphatic heterocycles. The van der Waals surface area contributed by atoms with Crippen molar-refractivity contribution < 1.29 is 24.5 Å². The van der Waals surface area contributed by atoms with Crippen molar-refractivity contribution in [2.24, 2.45) is 5.92 Å². The molecule has 2 N–H and O–H groups in total. The molecule has 1 fully saturated rings. The van der Waals surface area contributed by atoms with Crippen LogP contribution < -0.4 is 4.74 Å². The Hall–Kier alpha value is -2.37. The molecule has 140 valence electrons. The summed E-state index contributed by atoms with van der Waals surface area (Å²) in [5.74, 6) is 0.895. The van der Waals surface area contributed by atoms with E-state index in [1.165, 1.54) is 0 Å². The Bertz CT molecular complexity index is 992. The quantitative estimate of drug-likeness (QED) is 0.874. The summed E-state index contributed by atoms with van der Waals surface area (Å²) in [6, 6.07) is 9.77. The Morgan fingerprint density at radius 1 is 1.33 bits per heavy atom. The number of rotatable bonds is 3. The van der Waals surface area contributed by atoms with Crippen molar-refractivity contribution in [1.29, 1.82) is 0 Å². The van der Waals surface area contributed by atoms with Gasteiger partial charge in [0, 0.05) is 22.3 Å². The maximum absolute atomic E-state index is 13.2. The van der Waals surface area contributed by atoms with Crippen LogP contribution in [0.25, 0.3) is 10.8 Å². The van der Waals surface area contributed by atoms with Gasteiger partial charge in [-0.25, -0.2) is 0 Å². The summed E-state index contributed by atoms with van der Waals surface area (Å²) in [7, 11) is 0. The third-order valence-corrected chi connectivity index (χ3v) is 6.39. The lowest BCUT2D eigenvalue weighted by Crippen LogP contribution is -2.43. The Kier molecular flexibility index (Phi) is 3.61. The van der Waals surface area contributed by atoms with Gasteiger partial charge >= 0.3 is 0 Å². The van der Waals surface area contributed by atoms with Gasteiger partial charge in [-0.2, -0.15) is 0 Å². The fourth-order valence-electron chi connectivity index (χ4n) is 5.05. The first kappa shape index (κ1) is 16.8. The maximum Gasteiger partial charge on any atom is 0.227 e. The molecule has 2 aromatic carbocycles. The third kappa shape index (κ3) is 2.22. The molecule has 0 spiro atoms. The summed E-state index contributed by atoms with van der Waals surface area (Å²) in [4.78, 5) is 13.2. The number of aliphatic hydroxyl groups is 2. The largest absolute Gasteiger partial charge is 0.491 e. The van der Waals surface area contributed by atoms with Crippen molar-refractivity contribution >= 4 is 16.6 Å². The monoisotopic (exact) mass is 366 g/mol. The van der Waals surface area contributed by atoms with Crippen molar-refractivity contribution in [3.8, 4) is 5.75 Å². The van der Waals surface area contributed by atoms with E-state index in [-0.39, 0.29) is 30.3 Å². The smallest absolute Gasteiger partial charge is 0.227 e. The zero-order chi connectivity index (χ0) is 18.8. The van der Waals surface area contributed by atoms with Crippen LogP contribution >= 0.6 is 0 Å². The molecule has 3 atom stereocenters. The van der Waals surface area contributed by atoms with Crippen LogP contribution in [0.3, 0.4) is 0 Å². The molecule has 5 nitrogen and oxygen atoms in total. The van der Waals surface area contributed by atoms with Gasteiger partial charge in [-0.05, 0) is 47.6 Å². The second-order valence-corrected chi connectivity index (χ2v) is 7.87. The second kappa shape index (κ2) is 5.81. The Morgan fingerprint density at radius 3 is 3.00 bits per heavy atom. The molecule has 2 aromatic rings. The highest BCUT2D eigenvalue weighted by atomic mass is 16.5. The fraction of sp³-hybridized carbons (Fsp3) is 0.409. The van der Waals surface area contributed by atoms with Crippen LogP contribution in [0.2, 0.25) is 0 Å². The molecule has 1 heterocycles. The molecule has 2 aliphatic carbocycles. The van der Waals surface area contributed by atoms with Crippen molar-refractivity contribution in [3.63, 3.8) is 0 Å². The van der Waals surface area contributed by atoms with Crippen molar-refractivity contribution in [2.75, 3.05) is 19.8 Å². The van der Waals surface area contributed by atoms with E-state index in [9.17, 15) is 9.90 Å². The average Bonchev–Trinajstić information content (AvgIpc) is 3.14. The SMILES string of the molecule is CC12CCC(O)C3COC(=C31)C(=O)c1cc3c(OCCO)cccc3cc12. The van der Waals surface area contributed by atoms with Crippen LogP contribution in [0.4, 0.5) is 0 Å². The molecular formula is C22H22O5. The van der Waals surface area contributed by atoms with E-state index in [4.69, 9.17) is 14.6 Å². The number of allylic oxidation sites excluding steroid dienone is 1. The predicted molar refractivity (Wildman–Crippen MR) is 99.9 cm³/mol. The first-order valence-electron chi connectivity index (χ1n) is 9.45. The van der Waals surface area contributed by atoms with E-state index in [2.05, 4.69) is 13.0 Å². The van der Waals surface area contributed by atoms with Gasteiger partial charge in [-0.15, -0.1) is 0 Å². The van der Waals surface area contributed by atoms with Gasteiger partial charge < -0.3 is 19.7 Å². The predicted octanol–water partition coefficient (Wildman–Crippen LogP) is 2.72. The number of hydrogen-bond donors (Lipinski definition) is 2. The van der Waals surface area contributed by atoms with E-state index in [0.29, 0.717) is 30.1 Å². The minimum absolute atomic E-state index is 0.0634. The molecule has 0 saturated heterocycles. The molecule has 3 aliphatic rings. The summed E-state index contributed by atoms with van der Waals surface area (Å²) in [6.45, 7) is 2.69. The fourth-order valence-corrected chi connectivity index (χ4v) is 5.05. The topological polar surface area (TPSA) is 76.0 Å². The summed E-state index contributed by atoms with van der Waals surface area (Å²) in [5.41, 5.74) is 2.35. The van der Waals surface area contributed by atoms with E-state index in [1.807, 2.05) is 24.3 Å². The molecular weight excluding hydrogens is 344 g/mol. The van der Waals surface area contributed by atoms with Crippen LogP contribution in [0.1, 0.15) is 35.7 Å². The number of benzene rings is 2. The summed E-state index contributed by atoms with van der Waals surface area (Å²) < 4.78 is 11.5. The number of Topliss-reactive ketones (excluding diaryl/α,β-unsaturated/α-hetero) is 1. The lowest BCUT2D eigenvalue weighted by atomic mass is 9.59. The van der Waals surface area contributed by atoms with Crippen molar-refractivity contribution in [3.05, 3.63) is 52.8 Å². The normalized spacial score (nSPS) is 28.8. The van der Waals surface area contributed by atoms with Crippen LogP contribution in [0.5, 0.6) is 5.75 Å². The van der Waals surface area contributed by atoms with Gasteiger partial charge in [0.2, 0.25) is 5.78 Å². The number of fused-ring (bicyclic) bond motifs is 3. The van der Waals surface area contributed by atoms with Crippen LogP contribution in [0.15, 0.2) is 41.7 Å². The van der Waals surface area contributed by atoms with Crippen molar-refractivity contribution in [1.82, 2.24) is 0 Å². The Labute approximate surface area is 157 Å². The highest BCUT2D eigenvalue weighted by Crippen LogP contribution is 2.55. The molecule has 5 heteroatoms. The highest BCUT2D eigenvalue weighted by Gasteiger charge is 2.53. The van der Waals surface area contributed by atoms with E-state index in [0.717, 1.165) is 28.3 Å². The number of ketones is 1. The van der Waals surface area contributed by atoms with Gasteiger partial charge in [-0.3, -0.25) is 4.79 Å². The van der Waals surface area contributed by atoms with Gasteiger partial charge in [0.1, 0.15) is 12.4 Å². The van der Waals surface area contributed by atoms with Crippen LogP contribution in [-0.2, 0) is 10.2 Å². The average molecular weight is 366 g/mol. The van der Waals surface area contributed by atoms with Crippen LogP contribution in [0, 0.1) is 5.92 Å². The van der Waals surface area contributed by atoms with Gasteiger partial charge in [-0.1, -0.05) is 19.1 Å². The zero-order valence-corrected chi connectivity index (χ0v) is 15.2. The third-order valence-electron chi connectivity index (χ3n) is 6.39. The van der Waals surface area contributed by atoms with E-state index >= 15 is 0 Å². The van der Waals surface area contributed by atoms with Gasteiger partial charge in [0.15, 0.2) is 5.76 Å². The molecule has 0 amide bonds. The van der Waals surface area contributed by atoms with Gasteiger partial charge in [0.25, 0.3) is 0 Å². The van der Waals surface area contributed by atoms with Crippen LogP contribution in [-0.4, -0.2) is 41.9 Å². The minimum atomic E-state index is -0.445. The molecule has 0 bridgehead atoms. The molecule has 27 heavy (non-hydrogen) atoms. The lowest BCUT2D eigenvalue weighted by molar-refractivity contribution is 0.0631. The maximum atomic E-state index is 13.2. The number of hydrogen-bond acceptors (Lipinski definition) is 5. The number of aliphatic hydroxyl groups excluding tert-OH is 2. The van der Waals surface area contributed by atoms with Gasteiger partial charge in [0.05, 0.1) is 19.3 Å². The molecule has 3 unspecified atom stereocenters. The summed E-state index contributed by atoms with van der Waals surface area (Å²) in [5, 5.41) is 21.3. The van der Waals surface area contributed by atoms with E-state index < -0.39 is 6.10 Å². The number of carbonyl (C=O) groups is 1. The lowest BCUT2D eigenvalue weighted by Gasteiger charge is -2.43. The molecule has 0 radical (unpaired) electrons. The Balaban J connectivity index is 1.73.